The van der Waals surface area contributed by atoms with Gasteiger partial charge < -0.3 is 14.6 Å². The lowest BCUT2D eigenvalue weighted by Crippen LogP contribution is -2.39. The minimum atomic E-state index is -0.730. The number of halogens is 1. The Morgan fingerprint density at radius 2 is 2.22 bits per heavy atom. The zero-order valence-corrected chi connectivity index (χ0v) is 11.5. The molecule has 2 atom stereocenters. The largest absolute Gasteiger partial charge is 0.496 e. The lowest BCUT2D eigenvalue weighted by atomic mass is 9.86. The van der Waals surface area contributed by atoms with Crippen molar-refractivity contribution in [2.24, 2.45) is 0 Å². The van der Waals surface area contributed by atoms with E-state index < -0.39 is 11.7 Å². The molecule has 1 aliphatic heterocycles. The fraction of sp³-hybridized carbons (Fsp3) is 0.571. The van der Waals surface area contributed by atoms with E-state index in [2.05, 4.69) is 0 Å². The second kappa shape index (κ2) is 5.47. The summed E-state index contributed by atoms with van der Waals surface area (Å²) in [4.78, 5) is 0. The first-order valence-corrected chi connectivity index (χ1v) is 6.60. The third kappa shape index (κ3) is 2.63. The number of aliphatic hydroxyl groups is 1. The molecular weight excluding hydrogens is 252 g/mol. The molecule has 18 heavy (non-hydrogen) atoms. The molecule has 0 saturated carbocycles. The maximum absolute atomic E-state index is 10.6. The predicted molar refractivity (Wildman–Crippen MR) is 71.2 cm³/mol. The molecule has 1 N–H and O–H groups in total. The standard InChI is InChI=1S/C14H19ClO3/c1-14(7-3-4-8-18-14)13(16)11-9-10(15)5-6-12(11)17-2/h5-6,9,13,16H,3-4,7-8H2,1-2H3. The maximum Gasteiger partial charge on any atom is 0.124 e. The number of ether oxygens (including phenoxy) is 2. The van der Waals surface area contributed by atoms with Gasteiger partial charge in [-0.2, -0.15) is 0 Å². The Morgan fingerprint density at radius 1 is 1.44 bits per heavy atom. The van der Waals surface area contributed by atoms with E-state index in [1.807, 2.05) is 6.92 Å². The number of methoxy groups -OCH3 is 1. The third-order valence-corrected chi connectivity index (χ3v) is 3.80. The summed E-state index contributed by atoms with van der Waals surface area (Å²) >= 11 is 5.99. The normalized spacial score (nSPS) is 25.8. The van der Waals surface area contributed by atoms with Crippen molar-refractivity contribution in [3.05, 3.63) is 28.8 Å². The summed E-state index contributed by atoms with van der Waals surface area (Å²) in [7, 11) is 1.59. The van der Waals surface area contributed by atoms with Crippen molar-refractivity contribution in [3.63, 3.8) is 0 Å². The van der Waals surface area contributed by atoms with E-state index >= 15 is 0 Å². The molecule has 3 nitrogen and oxygen atoms in total. The Hall–Kier alpha value is -0.770. The van der Waals surface area contributed by atoms with Crippen molar-refractivity contribution in [2.75, 3.05) is 13.7 Å². The van der Waals surface area contributed by atoms with E-state index in [4.69, 9.17) is 21.1 Å². The molecule has 4 heteroatoms. The van der Waals surface area contributed by atoms with Crippen LogP contribution in [0.2, 0.25) is 5.02 Å². The summed E-state index contributed by atoms with van der Waals surface area (Å²) < 4.78 is 11.1. The van der Waals surface area contributed by atoms with Crippen molar-refractivity contribution in [2.45, 2.75) is 37.9 Å². The lowest BCUT2D eigenvalue weighted by molar-refractivity contribution is -0.138. The van der Waals surface area contributed by atoms with Crippen LogP contribution in [0.25, 0.3) is 0 Å². The Labute approximate surface area is 113 Å². The van der Waals surface area contributed by atoms with Crippen LogP contribution in [-0.4, -0.2) is 24.4 Å². The molecule has 1 heterocycles. The fourth-order valence-electron chi connectivity index (χ4n) is 2.42. The zero-order valence-electron chi connectivity index (χ0n) is 10.8. The summed E-state index contributed by atoms with van der Waals surface area (Å²) in [5, 5.41) is 11.2. The highest BCUT2D eigenvalue weighted by Gasteiger charge is 2.38. The number of hydrogen-bond donors (Lipinski definition) is 1. The minimum absolute atomic E-state index is 0.559. The van der Waals surface area contributed by atoms with Crippen LogP contribution in [0.4, 0.5) is 0 Å². The van der Waals surface area contributed by atoms with Crippen LogP contribution in [0.5, 0.6) is 5.75 Å². The number of rotatable bonds is 3. The first-order valence-electron chi connectivity index (χ1n) is 6.22. The van der Waals surface area contributed by atoms with Crippen LogP contribution in [0, 0.1) is 0 Å². The third-order valence-electron chi connectivity index (χ3n) is 3.56. The van der Waals surface area contributed by atoms with E-state index in [1.54, 1.807) is 25.3 Å². The van der Waals surface area contributed by atoms with Gasteiger partial charge in [-0.15, -0.1) is 0 Å². The van der Waals surface area contributed by atoms with Gasteiger partial charge in [-0.1, -0.05) is 11.6 Å². The van der Waals surface area contributed by atoms with Crippen LogP contribution in [0.1, 0.15) is 37.9 Å². The topological polar surface area (TPSA) is 38.7 Å². The van der Waals surface area contributed by atoms with Gasteiger partial charge in [0.2, 0.25) is 0 Å². The molecule has 1 aromatic carbocycles. The zero-order chi connectivity index (χ0) is 13.2. The highest BCUT2D eigenvalue weighted by Crippen LogP contribution is 2.40. The second-order valence-corrected chi connectivity index (χ2v) is 5.34. The summed E-state index contributed by atoms with van der Waals surface area (Å²) in [6.45, 7) is 2.63. The average Bonchev–Trinajstić information content (AvgIpc) is 2.38. The molecular formula is C14H19ClO3. The molecule has 0 spiro atoms. The monoisotopic (exact) mass is 270 g/mol. The fourth-order valence-corrected chi connectivity index (χ4v) is 2.60. The van der Waals surface area contributed by atoms with Crippen LogP contribution in [0.3, 0.4) is 0 Å². The minimum Gasteiger partial charge on any atom is -0.496 e. The van der Waals surface area contributed by atoms with Gasteiger partial charge in [-0.25, -0.2) is 0 Å². The van der Waals surface area contributed by atoms with Crippen LogP contribution in [0.15, 0.2) is 18.2 Å². The summed E-state index contributed by atoms with van der Waals surface area (Å²) in [5.74, 6) is 0.641. The lowest BCUT2D eigenvalue weighted by Gasteiger charge is -2.38. The van der Waals surface area contributed by atoms with Crippen molar-refractivity contribution in [1.29, 1.82) is 0 Å². The highest BCUT2D eigenvalue weighted by atomic mass is 35.5. The van der Waals surface area contributed by atoms with E-state index in [1.165, 1.54) is 0 Å². The van der Waals surface area contributed by atoms with Gasteiger partial charge in [-0.05, 0) is 44.4 Å². The number of hydrogen-bond acceptors (Lipinski definition) is 3. The van der Waals surface area contributed by atoms with E-state index in [9.17, 15) is 5.11 Å². The predicted octanol–water partition coefficient (Wildman–Crippen LogP) is 3.34. The van der Waals surface area contributed by atoms with Crippen LogP contribution < -0.4 is 4.74 Å². The van der Waals surface area contributed by atoms with Crippen molar-refractivity contribution in [1.82, 2.24) is 0 Å². The molecule has 0 aromatic heterocycles. The molecule has 100 valence electrons. The van der Waals surface area contributed by atoms with Gasteiger partial charge in [0.25, 0.3) is 0 Å². The molecule has 1 aliphatic rings. The molecule has 0 amide bonds. The molecule has 2 rings (SSSR count). The number of benzene rings is 1. The van der Waals surface area contributed by atoms with Crippen molar-refractivity contribution < 1.29 is 14.6 Å². The molecule has 1 fully saturated rings. The van der Waals surface area contributed by atoms with Gasteiger partial charge in [0.15, 0.2) is 0 Å². The van der Waals surface area contributed by atoms with Gasteiger partial charge in [-0.3, -0.25) is 0 Å². The van der Waals surface area contributed by atoms with E-state index in [-0.39, 0.29) is 0 Å². The Bertz CT molecular complexity index is 414. The van der Waals surface area contributed by atoms with Gasteiger partial charge >= 0.3 is 0 Å². The van der Waals surface area contributed by atoms with E-state index in [0.717, 1.165) is 19.3 Å². The van der Waals surface area contributed by atoms with Crippen molar-refractivity contribution >= 4 is 11.6 Å². The molecule has 0 radical (unpaired) electrons. The summed E-state index contributed by atoms with van der Waals surface area (Å²) in [6.07, 6.45) is 2.22. The highest BCUT2D eigenvalue weighted by molar-refractivity contribution is 6.30. The van der Waals surface area contributed by atoms with Gasteiger partial charge in [0.1, 0.15) is 11.9 Å². The summed E-state index contributed by atoms with van der Waals surface area (Å²) in [6, 6.07) is 5.27. The van der Waals surface area contributed by atoms with Gasteiger partial charge in [0, 0.05) is 17.2 Å². The molecule has 1 aromatic rings. The second-order valence-electron chi connectivity index (χ2n) is 4.91. The first-order chi connectivity index (χ1) is 8.57. The van der Waals surface area contributed by atoms with E-state index in [0.29, 0.717) is 22.9 Å². The van der Waals surface area contributed by atoms with Gasteiger partial charge in [0.05, 0.1) is 12.7 Å². The summed E-state index contributed by atoms with van der Waals surface area (Å²) in [5.41, 5.74) is 0.130. The van der Waals surface area contributed by atoms with Crippen LogP contribution in [-0.2, 0) is 4.74 Å². The quantitative estimate of drug-likeness (QED) is 0.916. The molecule has 0 aliphatic carbocycles. The Kier molecular flexibility index (Phi) is 4.15. The van der Waals surface area contributed by atoms with Crippen molar-refractivity contribution in [3.8, 4) is 5.75 Å². The molecule has 2 unspecified atom stereocenters. The smallest absolute Gasteiger partial charge is 0.124 e. The average molecular weight is 271 g/mol. The SMILES string of the molecule is COc1ccc(Cl)cc1C(O)C1(C)CCCCO1. The Morgan fingerprint density at radius 3 is 2.83 bits per heavy atom. The van der Waals surface area contributed by atoms with Crippen LogP contribution >= 0.6 is 11.6 Å². The maximum atomic E-state index is 10.6. The molecule has 1 saturated heterocycles. The first kappa shape index (κ1) is 13.7. The molecule has 0 bridgehead atoms. The number of aliphatic hydroxyl groups excluding tert-OH is 1. The Balaban J connectivity index is 2.32.